The maximum Gasteiger partial charge on any atom is 0.311 e. The number of fused-ring (bicyclic) bond motifs is 2. The van der Waals surface area contributed by atoms with Gasteiger partial charge in [0.15, 0.2) is 0 Å². The fourth-order valence-corrected chi connectivity index (χ4v) is 6.41. The summed E-state index contributed by atoms with van der Waals surface area (Å²) in [6.07, 6.45) is 7.28. The van der Waals surface area contributed by atoms with Crippen LogP contribution in [-0.4, -0.2) is 23.5 Å². The highest BCUT2D eigenvalue weighted by atomic mass is 16.6. The SMILES string of the molecule is C[C@@H]1CCC[C@@]2(C)C[C@H]3OC(=O)[C@H](CN(Cc4ccccc4)Cc4ccccc4)[C@@H]3C=C12. The smallest absolute Gasteiger partial charge is 0.311 e. The maximum absolute atomic E-state index is 13.1. The van der Waals surface area contributed by atoms with Crippen LogP contribution in [0.5, 0.6) is 0 Å². The number of ether oxygens (including phenoxy) is 1. The Kier molecular flexibility index (Phi) is 5.94. The fraction of sp³-hybridized carbons (Fsp3) is 0.483. The number of benzene rings is 2. The van der Waals surface area contributed by atoms with E-state index < -0.39 is 0 Å². The topological polar surface area (TPSA) is 29.5 Å². The second-order valence-corrected chi connectivity index (χ2v) is 10.5. The van der Waals surface area contributed by atoms with Crippen LogP contribution >= 0.6 is 0 Å². The maximum atomic E-state index is 13.1. The summed E-state index contributed by atoms with van der Waals surface area (Å²) in [5, 5.41) is 0. The fourth-order valence-electron chi connectivity index (χ4n) is 6.41. The molecule has 5 atom stereocenters. The van der Waals surface area contributed by atoms with E-state index in [0.717, 1.165) is 26.1 Å². The van der Waals surface area contributed by atoms with Crippen molar-refractivity contribution in [3.05, 3.63) is 83.4 Å². The van der Waals surface area contributed by atoms with Crippen molar-refractivity contribution in [1.82, 2.24) is 4.90 Å². The first-order valence-corrected chi connectivity index (χ1v) is 12.2. The van der Waals surface area contributed by atoms with Crippen molar-refractivity contribution >= 4 is 5.97 Å². The molecule has 2 aliphatic carbocycles. The van der Waals surface area contributed by atoms with Crippen molar-refractivity contribution in [1.29, 1.82) is 0 Å². The third kappa shape index (κ3) is 4.28. The molecular weight excluding hydrogens is 394 g/mol. The van der Waals surface area contributed by atoms with Gasteiger partial charge in [0.1, 0.15) is 6.10 Å². The zero-order valence-electron chi connectivity index (χ0n) is 19.4. The Balaban J connectivity index is 1.40. The van der Waals surface area contributed by atoms with Gasteiger partial charge < -0.3 is 4.74 Å². The van der Waals surface area contributed by atoms with Crippen LogP contribution in [0.15, 0.2) is 72.3 Å². The lowest BCUT2D eigenvalue weighted by Crippen LogP contribution is -2.40. The Labute approximate surface area is 192 Å². The third-order valence-corrected chi connectivity index (χ3v) is 8.03. The molecule has 1 aliphatic heterocycles. The molecule has 0 aromatic heterocycles. The molecule has 0 amide bonds. The number of allylic oxidation sites excluding steroid dienone is 1. The molecule has 2 aromatic carbocycles. The van der Waals surface area contributed by atoms with Gasteiger partial charge in [0.25, 0.3) is 0 Å². The highest BCUT2D eigenvalue weighted by molar-refractivity contribution is 5.76. The van der Waals surface area contributed by atoms with E-state index in [1.165, 1.54) is 30.4 Å². The van der Waals surface area contributed by atoms with Gasteiger partial charge in [0, 0.05) is 25.6 Å². The van der Waals surface area contributed by atoms with E-state index in [9.17, 15) is 4.79 Å². The highest BCUT2D eigenvalue weighted by Gasteiger charge is 2.51. The number of carbonyl (C=O) groups is 1. The van der Waals surface area contributed by atoms with Gasteiger partial charge in [-0.15, -0.1) is 0 Å². The predicted molar refractivity (Wildman–Crippen MR) is 128 cm³/mol. The third-order valence-electron chi connectivity index (χ3n) is 8.03. The van der Waals surface area contributed by atoms with Crippen LogP contribution in [0.25, 0.3) is 0 Å². The largest absolute Gasteiger partial charge is 0.461 e. The van der Waals surface area contributed by atoms with Gasteiger partial charge in [-0.2, -0.15) is 0 Å². The average Bonchev–Trinajstić information content (AvgIpc) is 3.07. The Morgan fingerprint density at radius 2 is 1.62 bits per heavy atom. The van der Waals surface area contributed by atoms with Gasteiger partial charge in [0.05, 0.1) is 5.92 Å². The zero-order chi connectivity index (χ0) is 22.1. The number of hydrogen-bond donors (Lipinski definition) is 0. The van der Waals surface area contributed by atoms with E-state index in [-0.39, 0.29) is 29.3 Å². The molecule has 3 aliphatic rings. The Morgan fingerprint density at radius 1 is 1.00 bits per heavy atom. The van der Waals surface area contributed by atoms with Crippen molar-refractivity contribution in [2.75, 3.05) is 6.54 Å². The average molecular weight is 430 g/mol. The molecule has 1 heterocycles. The van der Waals surface area contributed by atoms with Gasteiger partial charge in [-0.25, -0.2) is 0 Å². The van der Waals surface area contributed by atoms with E-state index >= 15 is 0 Å². The quantitative estimate of drug-likeness (QED) is 0.416. The molecule has 0 bridgehead atoms. The number of carbonyl (C=O) groups excluding carboxylic acids is 1. The van der Waals surface area contributed by atoms with Crippen molar-refractivity contribution in [2.45, 2.75) is 58.7 Å². The van der Waals surface area contributed by atoms with Gasteiger partial charge in [0.2, 0.25) is 0 Å². The molecule has 5 rings (SSSR count). The van der Waals surface area contributed by atoms with Crippen LogP contribution < -0.4 is 0 Å². The van der Waals surface area contributed by atoms with Gasteiger partial charge in [-0.3, -0.25) is 9.69 Å². The van der Waals surface area contributed by atoms with Crippen molar-refractivity contribution in [3.63, 3.8) is 0 Å². The van der Waals surface area contributed by atoms with E-state index in [1.807, 2.05) is 0 Å². The molecular formula is C29H35NO2. The van der Waals surface area contributed by atoms with Crippen LogP contribution in [0.4, 0.5) is 0 Å². The van der Waals surface area contributed by atoms with Crippen molar-refractivity contribution in [3.8, 4) is 0 Å². The normalized spacial score (nSPS) is 31.6. The number of hydrogen-bond acceptors (Lipinski definition) is 3. The van der Waals surface area contributed by atoms with Gasteiger partial charge in [-0.1, -0.05) is 92.6 Å². The van der Waals surface area contributed by atoms with E-state index in [1.54, 1.807) is 5.57 Å². The first-order valence-electron chi connectivity index (χ1n) is 12.2. The van der Waals surface area contributed by atoms with E-state index in [2.05, 4.69) is 85.5 Å². The summed E-state index contributed by atoms with van der Waals surface area (Å²) in [5.41, 5.74) is 4.36. The summed E-state index contributed by atoms with van der Waals surface area (Å²) in [6, 6.07) is 21.2. The Hall–Kier alpha value is -2.39. The van der Waals surface area contributed by atoms with Crippen molar-refractivity contribution in [2.24, 2.45) is 23.2 Å². The first kappa shape index (κ1) is 21.5. The number of nitrogens with zero attached hydrogens (tertiary/aromatic N) is 1. The summed E-state index contributed by atoms with van der Waals surface area (Å²) in [4.78, 5) is 15.5. The van der Waals surface area contributed by atoms with Crippen molar-refractivity contribution < 1.29 is 9.53 Å². The summed E-state index contributed by atoms with van der Waals surface area (Å²) in [6.45, 7) is 7.16. The zero-order valence-corrected chi connectivity index (χ0v) is 19.4. The van der Waals surface area contributed by atoms with Crippen LogP contribution in [0.3, 0.4) is 0 Å². The molecule has 32 heavy (non-hydrogen) atoms. The molecule has 2 aromatic rings. The molecule has 168 valence electrons. The number of rotatable bonds is 6. The van der Waals surface area contributed by atoms with Gasteiger partial charge >= 0.3 is 5.97 Å². The molecule has 0 unspecified atom stereocenters. The van der Waals surface area contributed by atoms with Crippen LogP contribution in [0.2, 0.25) is 0 Å². The molecule has 3 heteroatoms. The minimum absolute atomic E-state index is 0.00197. The lowest BCUT2D eigenvalue weighted by molar-refractivity contribution is -0.145. The second kappa shape index (κ2) is 8.86. The number of esters is 1. The highest BCUT2D eigenvalue weighted by Crippen LogP contribution is 2.54. The lowest BCUT2D eigenvalue weighted by Gasteiger charge is -2.46. The summed E-state index contributed by atoms with van der Waals surface area (Å²) >= 11 is 0. The minimum Gasteiger partial charge on any atom is -0.461 e. The lowest BCUT2D eigenvalue weighted by atomic mass is 9.59. The molecule has 3 nitrogen and oxygen atoms in total. The standard InChI is InChI=1S/C29H35NO2/c1-21-10-9-15-29(2)17-27-24(16-26(21)29)25(28(31)32-27)20-30(18-22-11-5-3-6-12-22)19-23-13-7-4-8-14-23/h3-8,11-14,16,21,24-25,27H,9-10,15,17-20H2,1-2H3/t21-,24+,25-,27-,29+/m1/s1. The Bertz CT molecular complexity index is 928. The predicted octanol–water partition coefficient (Wildman–Crippen LogP) is 6.00. The molecule has 0 N–H and O–H groups in total. The summed E-state index contributed by atoms with van der Waals surface area (Å²) in [5.74, 6) is 0.743. The Morgan fingerprint density at radius 3 is 2.25 bits per heavy atom. The van der Waals surface area contributed by atoms with Crippen LogP contribution in [0.1, 0.15) is 50.7 Å². The second-order valence-electron chi connectivity index (χ2n) is 10.5. The molecule has 0 spiro atoms. The van der Waals surface area contributed by atoms with Crippen LogP contribution in [0, 0.1) is 23.2 Å². The minimum atomic E-state index is -0.0846. The monoisotopic (exact) mass is 429 g/mol. The van der Waals surface area contributed by atoms with Gasteiger partial charge in [-0.05, 0) is 41.7 Å². The molecule has 1 saturated carbocycles. The van der Waals surface area contributed by atoms with E-state index in [4.69, 9.17) is 4.74 Å². The summed E-state index contributed by atoms with van der Waals surface area (Å²) in [7, 11) is 0. The first-order chi connectivity index (χ1) is 15.5. The molecule has 2 fully saturated rings. The van der Waals surface area contributed by atoms with E-state index in [0.29, 0.717) is 5.92 Å². The summed E-state index contributed by atoms with van der Waals surface area (Å²) < 4.78 is 6.02. The van der Waals surface area contributed by atoms with Crippen LogP contribution in [-0.2, 0) is 22.6 Å². The molecule has 0 radical (unpaired) electrons. The molecule has 1 saturated heterocycles.